The van der Waals surface area contributed by atoms with E-state index in [1.165, 1.54) is 11.1 Å². The largest absolute Gasteiger partial charge is 0.504 e. The number of aromatic nitrogens is 2. The fourth-order valence-electron chi connectivity index (χ4n) is 2.97. The second-order valence-corrected chi connectivity index (χ2v) is 6.37. The molecule has 2 aromatic carbocycles. The van der Waals surface area contributed by atoms with Gasteiger partial charge in [0.05, 0.1) is 5.69 Å². The molecule has 0 fully saturated rings. The Labute approximate surface area is 143 Å². The van der Waals surface area contributed by atoms with Crippen molar-refractivity contribution in [2.45, 2.75) is 40.0 Å². The van der Waals surface area contributed by atoms with Crippen molar-refractivity contribution >= 4 is 0 Å². The molecule has 124 valence electrons. The van der Waals surface area contributed by atoms with Gasteiger partial charge in [0.15, 0.2) is 5.75 Å². The van der Waals surface area contributed by atoms with E-state index in [2.05, 4.69) is 45.0 Å². The van der Waals surface area contributed by atoms with Crippen LogP contribution in [0.5, 0.6) is 5.75 Å². The molecule has 1 N–H and O–H groups in total. The van der Waals surface area contributed by atoms with Crippen molar-refractivity contribution < 1.29 is 5.11 Å². The van der Waals surface area contributed by atoms with Gasteiger partial charge in [-0.3, -0.25) is 0 Å². The predicted molar refractivity (Wildman–Crippen MR) is 98.8 cm³/mol. The standard InChI is InChI=1S/C21H24N2O/c1-4-5-12-19-21(24)20(17-10-6-8-15(2)13-17)23(22-19)18-11-7-9-16(3)14-18/h6-11,13-14,24H,4-5,12H2,1-3H3. The zero-order valence-electron chi connectivity index (χ0n) is 14.6. The number of benzene rings is 2. The third kappa shape index (κ3) is 3.21. The number of aromatic hydroxyl groups is 1. The molecule has 0 bridgehead atoms. The number of hydrogen-bond acceptors (Lipinski definition) is 2. The molecule has 0 aliphatic carbocycles. The maximum absolute atomic E-state index is 10.8. The molecule has 0 saturated heterocycles. The number of aryl methyl sites for hydroxylation is 3. The monoisotopic (exact) mass is 320 g/mol. The maximum Gasteiger partial charge on any atom is 0.165 e. The molecule has 3 nitrogen and oxygen atoms in total. The molecule has 1 heterocycles. The van der Waals surface area contributed by atoms with Crippen molar-refractivity contribution in [1.29, 1.82) is 0 Å². The lowest BCUT2D eigenvalue weighted by molar-refractivity contribution is 0.469. The number of rotatable bonds is 5. The van der Waals surface area contributed by atoms with Gasteiger partial charge in [0, 0.05) is 5.56 Å². The number of unbranched alkanes of at least 4 members (excludes halogenated alkanes) is 1. The third-order valence-electron chi connectivity index (χ3n) is 4.24. The summed E-state index contributed by atoms with van der Waals surface area (Å²) in [5.41, 5.74) is 5.85. The van der Waals surface area contributed by atoms with Gasteiger partial charge in [-0.1, -0.05) is 49.2 Å². The first kappa shape index (κ1) is 16.3. The van der Waals surface area contributed by atoms with E-state index in [0.717, 1.165) is 41.9 Å². The van der Waals surface area contributed by atoms with Gasteiger partial charge in [0.25, 0.3) is 0 Å². The van der Waals surface area contributed by atoms with Gasteiger partial charge >= 0.3 is 0 Å². The first-order chi connectivity index (χ1) is 11.6. The van der Waals surface area contributed by atoms with E-state index in [0.29, 0.717) is 5.75 Å². The minimum atomic E-state index is 0.301. The molecule has 3 rings (SSSR count). The van der Waals surface area contributed by atoms with Gasteiger partial charge in [0.2, 0.25) is 0 Å². The normalized spacial score (nSPS) is 11.0. The van der Waals surface area contributed by atoms with E-state index in [1.807, 2.05) is 28.9 Å². The molecule has 0 amide bonds. The van der Waals surface area contributed by atoms with Crippen LogP contribution >= 0.6 is 0 Å². The van der Waals surface area contributed by atoms with Gasteiger partial charge < -0.3 is 5.11 Å². The highest BCUT2D eigenvalue weighted by atomic mass is 16.3. The molecule has 0 spiro atoms. The number of nitrogens with zero attached hydrogens (tertiary/aromatic N) is 2. The molecule has 24 heavy (non-hydrogen) atoms. The van der Waals surface area contributed by atoms with Crippen LogP contribution in [0, 0.1) is 13.8 Å². The molecule has 0 atom stereocenters. The molecule has 0 unspecified atom stereocenters. The summed E-state index contributed by atoms with van der Waals surface area (Å²) >= 11 is 0. The Hall–Kier alpha value is -2.55. The van der Waals surface area contributed by atoms with E-state index >= 15 is 0 Å². The quantitative estimate of drug-likeness (QED) is 0.701. The van der Waals surface area contributed by atoms with Gasteiger partial charge in [-0.05, 0) is 50.5 Å². The third-order valence-corrected chi connectivity index (χ3v) is 4.24. The molecule has 1 aromatic heterocycles. The summed E-state index contributed by atoms with van der Waals surface area (Å²) in [4.78, 5) is 0. The van der Waals surface area contributed by atoms with Gasteiger partial charge in [-0.15, -0.1) is 0 Å². The molecule has 0 radical (unpaired) electrons. The Balaban J connectivity index is 2.19. The average Bonchev–Trinajstić information content (AvgIpc) is 2.89. The highest BCUT2D eigenvalue weighted by Crippen LogP contribution is 2.35. The van der Waals surface area contributed by atoms with E-state index in [1.54, 1.807) is 0 Å². The highest BCUT2D eigenvalue weighted by Gasteiger charge is 2.19. The average molecular weight is 320 g/mol. The Morgan fingerprint density at radius 1 is 1.00 bits per heavy atom. The lowest BCUT2D eigenvalue weighted by Crippen LogP contribution is -2.00. The van der Waals surface area contributed by atoms with Crippen molar-refractivity contribution in [3.8, 4) is 22.7 Å². The summed E-state index contributed by atoms with van der Waals surface area (Å²) in [7, 11) is 0. The highest BCUT2D eigenvalue weighted by molar-refractivity contribution is 5.70. The topological polar surface area (TPSA) is 38.0 Å². The second kappa shape index (κ2) is 6.91. The number of hydrogen-bond donors (Lipinski definition) is 1. The fraction of sp³-hybridized carbons (Fsp3) is 0.286. The summed E-state index contributed by atoms with van der Waals surface area (Å²) in [6.45, 7) is 6.28. The van der Waals surface area contributed by atoms with Gasteiger partial charge in [-0.25, -0.2) is 4.68 Å². The van der Waals surface area contributed by atoms with Crippen LogP contribution in [0.25, 0.3) is 16.9 Å². The Bertz CT molecular complexity index is 849. The molecule has 0 aliphatic heterocycles. The van der Waals surface area contributed by atoms with E-state index in [4.69, 9.17) is 5.10 Å². The summed E-state index contributed by atoms with van der Waals surface area (Å²) < 4.78 is 1.88. The van der Waals surface area contributed by atoms with Crippen molar-refractivity contribution in [3.63, 3.8) is 0 Å². The zero-order valence-corrected chi connectivity index (χ0v) is 14.6. The van der Waals surface area contributed by atoms with Crippen LogP contribution in [0.4, 0.5) is 0 Å². The van der Waals surface area contributed by atoms with Crippen LogP contribution < -0.4 is 0 Å². The SMILES string of the molecule is CCCCc1nn(-c2cccc(C)c2)c(-c2cccc(C)c2)c1O. The molecule has 3 aromatic rings. The smallest absolute Gasteiger partial charge is 0.165 e. The molecular weight excluding hydrogens is 296 g/mol. The lowest BCUT2D eigenvalue weighted by Gasteiger charge is -2.09. The lowest BCUT2D eigenvalue weighted by atomic mass is 10.1. The van der Waals surface area contributed by atoms with Crippen LogP contribution in [0.3, 0.4) is 0 Å². The molecule has 3 heteroatoms. The Morgan fingerprint density at radius 3 is 2.38 bits per heavy atom. The minimum absolute atomic E-state index is 0.301. The van der Waals surface area contributed by atoms with Crippen molar-refractivity contribution in [2.75, 3.05) is 0 Å². The zero-order chi connectivity index (χ0) is 17.1. The molecular formula is C21H24N2O. The Morgan fingerprint density at radius 2 is 1.71 bits per heavy atom. The van der Waals surface area contributed by atoms with Gasteiger partial charge in [0.1, 0.15) is 11.4 Å². The van der Waals surface area contributed by atoms with Crippen molar-refractivity contribution in [2.24, 2.45) is 0 Å². The van der Waals surface area contributed by atoms with Crippen LogP contribution in [0.2, 0.25) is 0 Å². The van der Waals surface area contributed by atoms with Crippen LogP contribution in [-0.4, -0.2) is 14.9 Å². The molecule has 0 saturated carbocycles. The van der Waals surface area contributed by atoms with E-state index in [-0.39, 0.29) is 0 Å². The first-order valence-corrected chi connectivity index (χ1v) is 8.55. The second-order valence-electron chi connectivity index (χ2n) is 6.37. The summed E-state index contributed by atoms with van der Waals surface area (Å²) in [5.74, 6) is 0.301. The summed E-state index contributed by atoms with van der Waals surface area (Å²) in [6, 6.07) is 16.4. The molecule has 0 aliphatic rings. The first-order valence-electron chi connectivity index (χ1n) is 8.55. The maximum atomic E-state index is 10.8. The van der Waals surface area contributed by atoms with E-state index in [9.17, 15) is 5.11 Å². The predicted octanol–water partition coefficient (Wildman–Crippen LogP) is 5.20. The van der Waals surface area contributed by atoms with Crippen LogP contribution in [-0.2, 0) is 6.42 Å². The summed E-state index contributed by atoms with van der Waals surface area (Å²) in [5, 5.41) is 15.6. The summed E-state index contributed by atoms with van der Waals surface area (Å²) in [6.07, 6.45) is 2.89. The minimum Gasteiger partial charge on any atom is -0.504 e. The van der Waals surface area contributed by atoms with Crippen LogP contribution in [0.15, 0.2) is 48.5 Å². The van der Waals surface area contributed by atoms with E-state index < -0.39 is 0 Å². The van der Waals surface area contributed by atoms with Crippen molar-refractivity contribution in [3.05, 3.63) is 65.4 Å². The van der Waals surface area contributed by atoms with Crippen LogP contribution in [0.1, 0.15) is 36.6 Å². The Kier molecular flexibility index (Phi) is 4.70. The fourth-order valence-corrected chi connectivity index (χ4v) is 2.97. The van der Waals surface area contributed by atoms with Gasteiger partial charge in [-0.2, -0.15) is 5.10 Å². The van der Waals surface area contributed by atoms with Crippen molar-refractivity contribution in [1.82, 2.24) is 9.78 Å².